The summed E-state index contributed by atoms with van der Waals surface area (Å²) >= 11 is 0. The van der Waals surface area contributed by atoms with Gasteiger partial charge in [0.1, 0.15) is 6.61 Å². The van der Waals surface area contributed by atoms with Crippen LogP contribution in [0.1, 0.15) is 46.5 Å². The molecule has 1 aromatic rings. The normalized spacial score (nSPS) is 16.1. The number of carbonyl (C=O) groups is 1. The highest BCUT2D eigenvalue weighted by Gasteiger charge is 2.24. The summed E-state index contributed by atoms with van der Waals surface area (Å²) in [5.41, 5.74) is 3.44. The van der Waals surface area contributed by atoms with E-state index in [9.17, 15) is 9.90 Å². The molecule has 15 heavy (non-hydrogen) atoms. The van der Waals surface area contributed by atoms with Gasteiger partial charge in [-0.15, -0.1) is 0 Å². The van der Waals surface area contributed by atoms with Gasteiger partial charge < -0.3 is 9.84 Å². The Balaban J connectivity index is 2.51. The van der Waals surface area contributed by atoms with E-state index in [0.29, 0.717) is 18.6 Å². The fourth-order valence-electron chi connectivity index (χ4n) is 1.95. The van der Waals surface area contributed by atoms with Crippen LogP contribution < -0.4 is 0 Å². The van der Waals surface area contributed by atoms with Gasteiger partial charge in [-0.3, -0.25) is 0 Å². The van der Waals surface area contributed by atoms with E-state index in [-0.39, 0.29) is 5.97 Å². The number of ether oxygens (including phenoxy) is 1. The lowest BCUT2D eigenvalue weighted by Gasteiger charge is -2.13. The summed E-state index contributed by atoms with van der Waals surface area (Å²) in [7, 11) is 0. The summed E-state index contributed by atoms with van der Waals surface area (Å²) in [6.07, 6.45) is 0.222. The van der Waals surface area contributed by atoms with Gasteiger partial charge in [0.05, 0.1) is 11.7 Å². The van der Waals surface area contributed by atoms with E-state index in [4.69, 9.17) is 4.74 Å². The first-order chi connectivity index (χ1) is 7.15. The molecule has 0 radical (unpaired) electrons. The number of hydrogen-bond acceptors (Lipinski definition) is 3. The topological polar surface area (TPSA) is 46.5 Å². The summed E-state index contributed by atoms with van der Waals surface area (Å²) in [5.74, 6) is -0.259. The van der Waals surface area contributed by atoms with Crippen LogP contribution in [0.25, 0.3) is 0 Å². The first-order valence-corrected chi connectivity index (χ1v) is 5.12. The molecule has 80 valence electrons. The molecule has 1 atom stereocenters. The Morgan fingerprint density at radius 1 is 1.53 bits per heavy atom. The lowest BCUT2D eigenvalue weighted by molar-refractivity contribution is 0.0535. The second-order valence-electron chi connectivity index (χ2n) is 3.81. The quantitative estimate of drug-likeness (QED) is 0.754. The zero-order valence-corrected chi connectivity index (χ0v) is 8.91. The minimum absolute atomic E-state index is 0.259. The second kappa shape index (κ2) is 3.66. The third-order valence-corrected chi connectivity index (χ3v) is 2.95. The summed E-state index contributed by atoms with van der Waals surface area (Å²) in [6.45, 7) is 4.19. The molecule has 3 nitrogen and oxygen atoms in total. The number of carbonyl (C=O) groups excluding carboxylic acids is 1. The Labute approximate surface area is 88.7 Å². The summed E-state index contributed by atoms with van der Waals surface area (Å²) in [5, 5.41) is 9.78. The van der Waals surface area contributed by atoms with E-state index in [1.165, 1.54) is 0 Å². The Bertz CT molecular complexity index is 410. The van der Waals surface area contributed by atoms with Crippen molar-refractivity contribution in [2.45, 2.75) is 33.0 Å². The standard InChI is InChI=1S/C12H14O3/c1-3-11(13)8-4-5-9-10(7(8)2)6-15-12(9)14/h4-5,11,13H,3,6H2,1-2H3/t11-/m0/s1. The summed E-state index contributed by atoms with van der Waals surface area (Å²) in [6, 6.07) is 3.56. The van der Waals surface area contributed by atoms with Crippen LogP contribution in [-0.2, 0) is 11.3 Å². The van der Waals surface area contributed by atoms with E-state index in [1.807, 2.05) is 19.9 Å². The molecule has 0 spiro atoms. The number of aliphatic hydroxyl groups excluding tert-OH is 1. The zero-order chi connectivity index (χ0) is 11.0. The number of fused-ring (bicyclic) bond motifs is 1. The molecule has 1 aliphatic rings. The number of aliphatic hydroxyl groups is 1. The average Bonchev–Trinajstić information content (AvgIpc) is 2.61. The first kappa shape index (κ1) is 10.2. The molecule has 0 aromatic heterocycles. The molecule has 0 aliphatic carbocycles. The maximum absolute atomic E-state index is 11.3. The number of hydrogen-bond donors (Lipinski definition) is 1. The predicted octanol–water partition coefficient (Wildman–Crippen LogP) is 2.11. The van der Waals surface area contributed by atoms with Crippen LogP contribution in [0.3, 0.4) is 0 Å². The molecule has 0 fully saturated rings. The van der Waals surface area contributed by atoms with Crippen molar-refractivity contribution in [2.24, 2.45) is 0 Å². The molecule has 0 unspecified atom stereocenters. The Morgan fingerprint density at radius 2 is 2.27 bits per heavy atom. The lowest BCUT2D eigenvalue weighted by atomic mass is 9.94. The van der Waals surface area contributed by atoms with Crippen molar-refractivity contribution in [3.63, 3.8) is 0 Å². The van der Waals surface area contributed by atoms with Crippen LogP contribution in [0.5, 0.6) is 0 Å². The maximum Gasteiger partial charge on any atom is 0.338 e. The highest BCUT2D eigenvalue weighted by Crippen LogP contribution is 2.29. The fourth-order valence-corrected chi connectivity index (χ4v) is 1.95. The van der Waals surface area contributed by atoms with E-state index < -0.39 is 6.10 Å². The molecule has 1 aliphatic heterocycles. The van der Waals surface area contributed by atoms with Crippen LogP contribution in [-0.4, -0.2) is 11.1 Å². The average molecular weight is 206 g/mol. The van der Waals surface area contributed by atoms with Crippen molar-refractivity contribution in [3.05, 3.63) is 34.4 Å². The molecule has 0 amide bonds. The van der Waals surface area contributed by atoms with E-state index in [0.717, 1.165) is 16.7 Å². The van der Waals surface area contributed by atoms with Crippen LogP contribution in [0.2, 0.25) is 0 Å². The minimum Gasteiger partial charge on any atom is -0.457 e. The predicted molar refractivity (Wildman–Crippen MR) is 55.5 cm³/mol. The third kappa shape index (κ3) is 1.53. The van der Waals surface area contributed by atoms with Gasteiger partial charge in [0.25, 0.3) is 0 Å². The van der Waals surface area contributed by atoms with E-state index >= 15 is 0 Å². The van der Waals surface area contributed by atoms with Gasteiger partial charge in [0.15, 0.2) is 0 Å². The van der Waals surface area contributed by atoms with Crippen LogP contribution in [0.15, 0.2) is 12.1 Å². The number of rotatable bonds is 2. The van der Waals surface area contributed by atoms with E-state index in [2.05, 4.69) is 0 Å². The molecule has 0 saturated heterocycles. The highest BCUT2D eigenvalue weighted by atomic mass is 16.5. The van der Waals surface area contributed by atoms with Gasteiger partial charge in [-0.1, -0.05) is 13.0 Å². The van der Waals surface area contributed by atoms with Crippen LogP contribution >= 0.6 is 0 Å². The minimum atomic E-state index is -0.453. The van der Waals surface area contributed by atoms with Crippen molar-refractivity contribution in [3.8, 4) is 0 Å². The Kier molecular flexibility index (Phi) is 2.49. The monoisotopic (exact) mass is 206 g/mol. The molecule has 2 rings (SSSR count). The Hall–Kier alpha value is -1.35. The van der Waals surface area contributed by atoms with Crippen molar-refractivity contribution in [1.29, 1.82) is 0 Å². The van der Waals surface area contributed by atoms with Crippen LogP contribution in [0, 0.1) is 6.92 Å². The van der Waals surface area contributed by atoms with Gasteiger partial charge in [0.2, 0.25) is 0 Å². The van der Waals surface area contributed by atoms with Gasteiger partial charge in [-0.25, -0.2) is 4.79 Å². The van der Waals surface area contributed by atoms with Crippen molar-refractivity contribution >= 4 is 5.97 Å². The Morgan fingerprint density at radius 3 is 2.93 bits per heavy atom. The van der Waals surface area contributed by atoms with E-state index in [1.54, 1.807) is 6.07 Å². The highest BCUT2D eigenvalue weighted by molar-refractivity contribution is 5.93. The molecular weight excluding hydrogens is 192 g/mol. The molecular formula is C12H14O3. The summed E-state index contributed by atoms with van der Waals surface area (Å²) in [4.78, 5) is 11.3. The van der Waals surface area contributed by atoms with Gasteiger partial charge in [0, 0.05) is 5.56 Å². The maximum atomic E-state index is 11.3. The zero-order valence-electron chi connectivity index (χ0n) is 8.91. The molecule has 1 heterocycles. The van der Waals surface area contributed by atoms with Crippen molar-refractivity contribution in [1.82, 2.24) is 0 Å². The molecule has 0 bridgehead atoms. The smallest absolute Gasteiger partial charge is 0.338 e. The summed E-state index contributed by atoms with van der Waals surface area (Å²) < 4.78 is 4.95. The van der Waals surface area contributed by atoms with Crippen molar-refractivity contribution < 1.29 is 14.6 Å². The molecule has 0 saturated carbocycles. The fraction of sp³-hybridized carbons (Fsp3) is 0.417. The number of esters is 1. The third-order valence-electron chi connectivity index (χ3n) is 2.95. The first-order valence-electron chi connectivity index (χ1n) is 5.12. The van der Waals surface area contributed by atoms with Gasteiger partial charge >= 0.3 is 5.97 Å². The molecule has 3 heteroatoms. The van der Waals surface area contributed by atoms with Gasteiger partial charge in [-0.2, -0.15) is 0 Å². The van der Waals surface area contributed by atoms with Crippen LogP contribution in [0.4, 0.5) is 0 Å². The van der Waals surface area contributed by atoms with Gasteiger partial charge in [-0.05, 0) is 30.5 Å². The lowest BCUT2D eigenvalue weighted by Crippen LogP contribution is -2.02. The second-order valence-corrected chi connectivity index (χ2v) is 3.81. The van der Waals surface area contributed by atoms with Crippen molar-refractivity contribution in [2.75, 3.05) is 0 Å². The number of cyclic esters (lactones) is 1. The largest absolute Gasteiger partial charge is 0.457 e. The molecule has 1 N–H and O–H groups in total. The number of benzene rings is 1. The molecule has 1 aromatic carbocycles. The SMILES string of the molecule is CC[C@H](O)c1ccc2c(c1C)COC2=O.